The van der Waals surface area contributed by atoms with Crippen LogP contribution in [0.3, 0.4) is 0 Å². The van der Waals surface area contributed by atoms with Crippen LogP contribution in [0.15, 0.2) is 48.8 Å². The Morgan fingerprint density at radius 3 is 2.69 bits per heavy atom. The van der Waals surface area contributed by atoms with E-state index in [0.717, 1.165) is 0 Å². The molecule has 0 bridgehead atoms. The maximum absolute atomic E-state index is 12.6. The molecule has 0 spiro atoms. The summed E-state index contributed by atoms with van der Waals surface area (Å²) < 4.78 is 5.82. The van der Waals surface area contributed by atoms with E-state index in [9.17, 15) is 14.7 Å². The minimum absolute atomic E-state index is 0.161. The minimum atomic E-state index is -0.850. The van der Waals surface area contributed by atoms with E-state index in [4.69, 9.17) is 4.74 Å². The number of hydrogen-bond donors (Lipinski definition) is 2. The van der Waals surface area contributed by atoms with Crippen LogP contribution in [-0.4, -0.2) is 46.5 Å². The lowest BCUT2D eigenvalue weighted by atomic mass is 9.92. The lowest BCUT2D eigenvalue weighted by Gasteiger charge is -2.34. The molecule has 1 aliphatic rings. The van der Waals surface area contributed by atoms with Crippen LogP contribution in [0.4, 0.5) is 5.69 Å². The Labute approximate surface area is 151 Å². The van der Waals surface area contributed by atoms with Gasteiger partial charge in [0.25, 0.3) is 0 Å². The van der Waals surface area contributed by atoms with Crippen molar-refractivity contribution in [1.29, 1.82) is 0 Å². The van der Waals surface area contributed by atoms with Crippen LogP contribution in [0.2, 0.25) is 0 Å². The number of rotatable bonds is 5. The second-order valence-electron chi connectivity index (χ2n) is 6.34. The molecule has 7 heteroatoms. The number of para-hydroxylation sites is 1. The summed E-state index contributed by atoms with van der Waals surface area (Å²) in [5, 5.41) is 12.0. The number of aliphatic carboxylic acids is 1. The van der Waals surface area contributed by atoms with Gasteiger partial charge in [-0.05, 0) is 32.0 Å². The van der Waals surface area contributed by atoms with Crippen LogP contribution in [0.5, 0.6) is 11.5 Å². The highest BCUT2D eigenvalue weighted by Crippen LogP contribution is 2.29. The molecule has 2 heterocycles. The number of likely N-dealkylation sites (N-methyl/N-ethyl adjacent to an activating group) is 1. The largest absolute Gasteiger partial charge is 0.480 e. The first-order chi connectivity index (χ1) is 12.5. The molecule has 1 aromatic carbocycles. The third-order valence-electron chi connectivity index (χ3n) is 4.49. The lowest BCUT2D eigenvalue weighted by Crippen LogP contribution is -2.48. The first-order valence-electron chi connectivity index (χ1n) is 8.45. The van der Waals surface area contributed by atoms with Crippen LogP contribution in [0.1, 0.15) is 12.8 Å². The number of anilines is 1. The smallest absolute Gasteiger partial charge is 0.320 e. The van der Waals surface area contributed by atoms with E-state index in [-0.39, 0.29) is 11.8 Å². The summed E-state index contributed by atoms with van der Waals surface area (Å²) in [7, 11) is 1.73. The van der Waals surface area contributed by atoms with Crippen molar-refractivity contribution in [2.45, 2.75) is 18.9 Å². The molecule has 2 atom stereocenters. The van der Waals surface area contributed by atoms with Gasteiger partial charge in [0.1, 0.15) is 17.5 Å². The normalized spacial score (nSPS) is 20.3. The summed E-state index contributed by atoms with van der Waals surface area (Å²) in [6.45, 7) is 0.401. The van der Waals surface area contributed by atoms with Gasteiger partial charge < -0.3 is 15.2 Å². The van der Waals surface area contributed by atoms with E-state index in [0.29, 0.717) is 36.6 Å². The molecule has 26 heavy (non-hydrogen) atoms. The van der Waals surface area contributed by atoms with Crippen molar-refractivity contribution in [2.24, 2.45) is 5.92 Å². The number of carboxylic acids is 1. The standard InChI is InChI=1S/C19H21N3O4/c1-22-12-13(7-8-16(22)19(24)25)18(23)21-15-11-20-10-9-17(15)26-14-5-3-2-4-6-14/h2-6,9-11,13,16H,7-8,12H2,1H3,(H,21,23)(H,24,25). The maximum atomic E-state index is 12.6. The van der Waals surface area contributed by atoms with Crippen LogP contribution in [-0.2, 0) is 9.59 Å². The predicted octanol–water partition coefficient (Wildman–Crippen LogP) is 2.61. The molecule has 3 rings (SSSR count). The minimum Gasteiger partial charge on any atom is -0.480 e. The molecule has 136 valence electrons. The Balaban J connectivity index is 1.67. The highest BCUT2D eigenvalue weighted by atomic mass is 16.5. The zero-order chi connectivity index (χ0) is 18.5. The molecule has 1 amide bonds. The van der Waals surface area contributed by atoms with Crippen molar-refractivity contribution in [1.82, 2.24) is 9.88 Å². The first-order valence-corrected chi connectivity index (χ1v) is 8.45. The molecular weight excluding hydrogens is 334 g/mol. The monoisotopic (exact) mass is 355 g/mol. The Kier molecular flexibility index (Phi) is 5.48. The average Bonchev–Trinajstić information content (AvgIpc) is 2.63. The van der Waals surface area contributed by atoms with Crippen LogP contribution < -0.4 is 10.1 Å². The van der Waals surface area contributed by atoms with Crippen LogP contribution in [0.25, 0.3) is 0 Å². The number of aromatic nitrogens is 1. The maximum Gasteiger partial charge on any atom is 0.320 e. The van der Waals surface area contributed by atoms with Gasteiger partial charge in [-0.2, -0.15) is 0 Å². The average molecular weight is 355 g/mol. The summed E-state index contributed by atoms with van der Waals surface area (Å²) in [6.07, 6.45) is 4.12. The van der Waals surface area contributed by atoms with Gasteiger partial charge in [-0.15, -0.1) is 0 Å². The van der Waals surface area contributed by atoms with Gasteiger partial charge in [-0.25, -0.2) is 0 Å². The van der Waals surface area contributed by atoms with Crippen molar-refractivity contribution >= 4 is 17.6 Å². The molecule has 1 aliphatic heterocycles. The number of pyridine rings is 1. The fourth-order valence-electron chi connectivity index (χ4n) is 3.09. The van der Waals surface area contributed by atoms with Crippen molar-refractivity contribution < 1.29 is 19.4 Å². The quantitative estimate of drug-likeness (QED) is 0.857. The second-order valence-corrected chi connectivity index (χ2v) is 6.34. The van der Waals surface area contributed by atoms with Gasteiger partial charge in [0.05, 0.1) is 12.1 Å². The number of benzene rings is 1. The van der Waals surface area contributed by atoms with E-state index in [1.54, 1.807) is 30.4 Å². The third kappa shape index (κ3) is 4.18. The summed E-state index contributed by atoms with van der Waals surface area (Å²) in [6, 6.07) is 10.4. The Hall–Kier alpha value is -2.93. The summed E-state index contributed by atoms with van der Waals surface area (Å²) in [5.74, 6) is -0.118. The third-order valence-corrected chi connectivity index (χ3v) is 4.49. The molecule has 7 nitrogen and oxygen atoms in total. The number of nitrogens with zero attached hydrogens (tertiary/aromatic N) is 2. The van der Waals surface area contributed by atoms with Gasteiger partial charge in [-0.1, -0.05) is 18.2 Å². The number of carbonyl (C=O) groups excluding carboxylic acids is 1. The van der Waals surface area contributed by atoms with Crippen molar-refractivity contribution in [3.8, 4) is 11.5 Å². The molecule has 1 fully saturated rings. The van der Waals surface area contributed by atoms with E-state index >= 15 is 0 Å². The molecule has 0 saturated carbocycles. The zero-order valence-corrected chi connectivity index (χ0v) is 14.5. The molecule has 0 aliphatic carbocycles. The Bertz CT molecular complexity index is 781. The van der Waals surface area contributed by atoms with E-state index in [1.807, 2.05) is 30.3 Å². The molecule has 2 aromatic rings. The Morgan fingerprint density at radius 1 is 1.23 bits per heavy atom. The summed E-state index contributed by atoms with van der Waals surface area (Å²) in [4.78, 5) is 29.6. The van der Waals surface area contributed by atoms with Gasteiger partial charge in [0.2, 0.25) is 5.91 Å². The molecule has 1 aromatic heterocycles. The van der Waals surface area contributed by atoms with E-state index in [1.165, 1.54) is 0 Å². The second kappa shape index (κ2) is 7.97. The molecule has 0 radical (unpaired) electrons. The van der Waals surface area contributed by atoms with Crippen molar-refractivity contribution in [3.05, 3.63) is 48.8 Å². The predicted molar refractivity (Wildman–Crippen MR) is 96.2 cm³/mol. The highest BCUT2D eigenvalue weighted by molar-refractivity contribution is 5.94. The van der Waals surface area contributed by atoms with Crippen LogP contribution >= 0.6 is 0 Å². The van der Waals surface area contributed by atoms with Gasteiger partial charge in [0, 0.05) is 18.8 Å². The number of piperidine rings is 1. The van der Waals surface area contributed by atoms with Crippen molar-refractivity contribution in [3.63, 3.8) is 0 Å². The molecule has 2 N–H and O–H groups in total. The Morgan fingerprint density at radius 2 is 2.00 bits per heavy atom. The zero-order valence-electron chi connectivity index (χ0n) is 14.5. The van der Waals surface area contributed by atoms with Gasteiger partial charge in [-0.3, -0.25) is 19.5 Å². The number of ether oxygens (including phenoxy) is 1. The van der Waals surface area contributed by atoms with E-state index < -0.39 is 12.0 Å². The fourth-order valence-corrected chi connectivity index (χ4v) is 3.09. The van der Waals surface area contributed by atoms with Crippen LogP contribution in [0, 0.1) is 5.92 Å². The topological polar surface area (TPSA) is 91.8 Å². The summed E-state index contributed by atoms with van der Waals surface area (Å²) in [5.41, 5.74) is 0.490. The summed E-state index contributed by atoms with van der Waals surface area (Å²) >= 11 is 0. The number of nitrogens with one attached hydrogen (secondary N) is 1. The van der Waals surface area contributed by atoms with Gasteiger partial charge in [0.15, 0.2) is 5.75 Å². The SMILES string of the molecule is CN1CC(C(=O)Nc2cnccc2Oc2ccccc2)CCC1C(=O)O. The first kappa shape index (κ1) is 17.9. The number of amides is 1. The number of carbonyl (C=O) groups is 2. The highest BCUT2D eigenvalue weighted by Gasteiger charge is 2.33. The number of likely N-dealkylation sites (tertiary alicyclic amines) is 1. The molecule has 1 saturated heterocycles. The molecular formula is C19H21N3O4. The van der Waals surface area contributed by atoms with Crippen molar-refractivity contribution in [2.75, 3.05) is 18.9 Å². The number of carboxylic acid groups (broad SMARTS) is 1. The number of hydrogen-bond acceptors (Lipinski definition) is 5. The fraction of sp³-hybridized carbons (Fsp3) is 0.316. The lowest BCUT2D eigenvalue weighted by molar-refractivity contribution is -0.145. The van der Waals surface area contributed by atoms with Gasteiger partial charge >= 0.3 is 5.97 Å². The molecule has 2 unspecified atom stereocenters. The van der Waals surface area contributed by atoms with E-state index in [2.05, 4.69) is 10.3 Å².